The molecule has 0 unspecified atom stereocenters. The van der Waals surface area contributed by atoms with E-state index in [9.17, 15) is 52.7 Å². The van der Waals surface area contributed by atoms with Gasteiger partial charge in [-0.25, -0.2) is 0 Å². The molecule has 0 saturated carbocycles. The van der Waals surface area contributed by atoms with Crippen LogP contribution >= 0.6 is 17.0 Å². The van der Waals surface area contributed by atoms with Gasteiger partial charge in [0.1, 0.15) is 0 Å². The second-order valence-corrected chi connectivity index (χ2v) is 24.3. The maximum absolute atomic E-state index is 13.5. The molecule has 6 rings (SSSR count). The van der Waals surface area contributed by atoms with Gasteiger partial charge in [0.2, 0.25) is 0 Å². The van der Waals surface area contributed by atoms with Gasteiger partial charge in [-0.3, -0.25) is 0 Å². The summed E-state index contributed by atoms with van der Waals surface area (Å²) in [6.07, 6.45) is -18.0. The Labute approximate surface area is 413 Å². The first kappa shape index (κ1) is 59.2. The van der Waals surface area contributed by atoms with Crippen LogP contribution in [0.15, 0.2) is 84.9 Å². The zero-order chi connectivity index (χ0) is 52.1. The molecule has 68 heavy (non-hydrogen) atoms. The summed E-state index contributed by atoms with van der Waals surface area (Å²) in [5.74, 6) is 0.737. The van der Waals surface area contributed by atoms with Crippen molar-refractivity contribution in [1.29, 1.82) is 0 Å². The van der Waals surface area contributed by atoms with Crippen LogP contribution in [0.2, 0.25) is 13.1 Å². The van der Waals surface area contributed by atoms with Gasteiger partial charge in [0, 0.05) is 9.52 Å². The van der Waals surface area contributed by atoms with Crippen LogP contribution in [-0.2, 0) is 69.2 Å². The van der Waals surface area contributed by atoms with E-state index < -0.39 is 78.6 Å². The molecule has 6 aromatic carbocycles. The monoisotopic (exact) mass is 1100 g/mol. The van der Waals surface area contributed by atoms with Gasteiger partial charge in [-0.1, -0.05) is 105 Å². The number of halogens is 14. The van der Waals surface area contributed by atoms with Crippen LogP contribution in [-0.4, -0.2) is 9.52 Å². The Hall–Kier alpha value is -3.06. The molecule has 0 aliphatic rings. The molecule has 0 spiro atoms. The third-order valence-electron chi connectivity index (χ3n) is 10.6. The molecule has 0 fully saturated rings. The summed E-state index contributed by atoms with van der Waals surface area (Å²) in [5.41, 5.74) is -2.02. The zero-order valence-corrected chi connectivity index (χ0v) is 44.9. The molecule has 6 aromatic rings. The van der Waals surface area contributed by atoms with Gasteiger partial charge in [0.05, 0.1) is 22.3 Å². The summed E-state index contributed by atoms with van der Waals surface area (Å²) >= 11 is -0.826. The minimum atomic E-state index is -4.89. The van der Waals surface area contributed by atoms with E-state index in [2.05, 4.69) is 40.8 Å². The molecule has 0 aliphatic carbocycles. The number of rotatable bonds is 6. The maximum atomic E-state index is 13.5. The summed E-state index contributed by atoms with van der Waals surface area (Å²) in [7, 11) is 11.0. The number of hydrogen-bond acceptors (Lipinski definition) is 0. The van der Waals surface area contributed by atoms with Gasteiger partial charge in [-0.15, -0.1) is 69.1 Å². The van der Waals surface area contributed by atoms with Gasteiger partial charge in [0.25, 0.3) is 0 Å². The second-order valence-electron chi connectivity index (χ2n) is 19.6. The van der Waals surface area contributed by atoms with Gasteiger partial charge in [0.15, 0.2) is 0 Å². The third-order valence-corrected chi connectivity index (χ3v) is 10.6. The van der Waals surface area contributed by atoms with Crippen LogP contribution in [0.25, 0.3) is 43.8 Å². The fourth-order valence-corrected chi connectivity index (χ4v) is 7.94. The number of hydrogen-bond donors (Lipinski definition) is 0. The van der Waals surface area contributed by atoms with Gasteiger partial charge in [-0.05, 0) is 83.0 Å². The van der Waals surface area contributed by atoms with E-state index in [4.69, 9.17) is 17.0 Å². The van der Waals surface area contributed by atoms with Crippen LogP contribution in [0.5, 0.6) is 0 Å². The molecule has 0 aromatic heterocycles. The molecule has 0 atom stereocenters. The van der Waals surface area contributed by atoms with E-state index in [1.165, 1.54) is 0 Å². The van der Waals surface area contributed by atoms with Crippen molar-refractivity contribution in [3.8, 4) is 22.3 Å². The van der Waals surface area contributed by atoms with Crippen LogP contribution in [0, 0.1) is 11.8 Å². The van der Waals surface area contributed by atoms with Crippen molar-refractivity contribution in [1.82, 2.24) is 0 Å². The molecule has 0 saturated heterocycles. The first-order valence-corrected chi connectivity index (χ1v) is 29.9. The zero-order valence-electron chi connectivity index (χ0n) is 39.9. The predicted octanol–water partition coefficient (Wildman–Crippen LogP) is 19.7. The van der Waals surface area contributed by atoms with Crippen molar-refractivity contribution in [2.75, 3.05) is 0 Å². The van der Waals surface area contributed by atoms with E-state index in [1.807, 2.05) is 90.1 Å². The number of alkyl halides is 12. The average molecular weight is 1100 g/mol. The first-order chi connectivity index (χ1) is 31.0. The summed E-state index contributed by atoms with van der Waals surface area (Å²) < 4.78 is 162. The Morgan fingerprint density at radius 3 is 0.926 bits per heavy atom. The summed E-state index contributed by atoms with van der Waals surface area (Å²) in [6, 6.07) is 18.8. The van der Waals surface area contributed by atoms with E-state index in [1.54, 1.807) is 0 Å². The SMILES string of the molecule is CC(C)Cc1cc2c(-c3cc(C(F)(F)F)cc(C(F)(F)F)c3)c(C(C)(C)C)ccc2[cH-]1.CC(C)Cc1cc2c(-c3cc(C(F)(F)F)cc(C(F)(F)F)c3)c(C(C)(C)C)ccc2[cH-]1.C[Si]C.[Cl][Zr+2][Cl]. The fraction of sp³-hybridized carbons (Fsp3) is 0.423. The van der Waals surface area contributed by atoms with Crippen LogP contribution in [0.4, 0.5) is 52.7 Å². The van der Waals surface area contributed by atoms with Crippen molar-refractivity contribution >= 4 is 48.1 Å². The predicted molar refractivity (Wildman–Crippen MR) is 254 cm³/mol. The van der Waals surface area contributed by atoms with E-state index in [0.717, 1.165) is 68.5 Å². The van der Waals surface area contributed by atoms with Crippen molar-refractivity contribution in [3.05, 3.63) is 129 Å². The summed E-state index contributed by atoms with van der Waals surface area (Å²) in [4.78, 5) is 0. The van der Waals surface area contributed by atoms with Crippen LogP contribution in [0.1, 0.15) is 114 Å². The van der Waals surface area contributed by atoms with Crippen molar-refractivity contribution in [2.45, 2.75) is 131 Å². The molecule has 16 heteroatoms. The molecule has 370 valence electrons. The van der Waals surface area contributed by atoms with Crippen LogP contribution < -0.4 is 0 Å². The second kappa shape index (κ2) is 23.0. The molecular weight excluding hydrogens is 1040 g/mol. The van der Waals surface area contributed by atoms with E-state index >= 15 is 0 Å². The quantitative estimate of drug-likeness (QED) is 0.0886. The Bertz CT molecular complexity index is 2350. The Morgan fingerprint density at radius 1 is 0.471 bits per heavy atom. The van der Waals surface area contributed by atoms with E-state index in [0.29, 0.717) is 44.9 Å². The number of fused-ring (bicyclic) bond motifs is 2. The third kappa shape index (κ3) is 16.0. The standard InChI is InChI=1S/2C25H25F6.C2H6Si.2ClH.Zr/c2*1-14(2)8-15-9-16-6-7-21(23(3,4)5)22(20(16)10-15)17-11-18(24(26,27)28)13-19(12-17)25(29,30)31;1-3-2;;;/h2*6-7,9-14H,8H2,1-5H3;1-2H3;2*1H;/q2*-1;;;;+4/p-2. The topological polar surface area (TPSA) is 0 Å². The fourth-order valence-electron chi connectivity index (χ4n) is 7.94. The average Bonchev–Trinajstić information content (AvgIpc) is 3.78. The van der Waals surface area contributed by atoms with Crippen LogP contribution in [0.3, 0.4) is 0 Å². The Balaban J connectivity index is 0.000000323. The molecule has 0 bridgehead atoms. The summed E-state index contributed by atoms with van der Waals surface area (Å²) in [5, 5.41) is 2.97. The Kier molecular flexibility index (Phi) is 20.0. The molecule has 0 heterocycles. The molecular formula is C52H56Cl2F12SiZr. The van der Waals surface area contributed by atoms with E-state index in [-0.39, 0.29) is 23.3 Å². The number of benzene rings is 4. The molecule has 0 nitrogen and oxygen atoms in total. The molecule has 0 N–H and O–H groups in total. The van der Waals surface area contributed by atoms with Gasteiger partial charge < -0.3 is 0 Å². The Morgan fingerprint density at radius 2 is 0.721 bits per heavy atom. The van der Waals surface area contributed by atoms with Crippen molar-refractivity contribution < 1.29 is 73.5 Å². The normalized spacial score (nSPS) is 12.6. The van der Waals surface area contributed by atoms with Gasteiger partial charge in [-0.2, -0.15) is 64.8 Å². The summed E-state index contributed by atoms with van der Waals surface area (Å²) in [6.45, 7) is 23.9. The molecule has 2 radical (unpaired) electrons. The first-order valence-electron chi connectivity index (χ1n) is 21.6. The molecule has 0 amide bonds. The van der Waals surface area contributed by atoms with Crippen molar-refractivity contribution in [2.24, 2.45) is 11.8 Å². The minimum absolute atomic E-state index is 0.0700. The molecule has 0 aliphatic heterocycles. The van der Waals surface area contributed by atoms with Crippen molar-refractivity contribution in [3.63, 3.8) is 0 Å². The van der Waals surface area contributed by atoms with Gasteiger partial charge >= 0.3 is 62.6 Å².